The first-order chi connectivity index (χ1) is 9.49. The minimum Gasteiger partial charge on any atom is -0.381 e. The second-order valence-electron chi connectivity index (χ2n) is 4.25. The molecule has 0 aliphatic rings. The van der Waals surface area contributed by atoms with E-state index in [9.17, 15) is 4.79 Å². The average Bonchev–Trinajstić information content (AvgIpc) is 2.40. The number of rotatable bonds is 5. The highest BCUT2D eigenvalue weighted by molar-refractivity contribution is 8.14. The standard InChI is InChI=1S/C15H17ClN2OS/c1-4-20-15(19)14(9-17)11(3)18-10(2)12-5-7-13(16)8-6-12/h5-8,10,18H,4H2,1-3H3. The lowest BCUT2D eigenvalue weighted by Crippen LogP contribution is -2.19. The lowest BCUT2D eigenvalue weighted by atomic mass is 10.1. The Bertz CT molecular complexity index is 546. The van der Waals surface area contributed by atoms with Gasteiger partial charge in [0, 0.05) is 16.8 Å². The molecular weight excluding hydrogens is 292 g/mol. The number of nitrogens with zero attached hydrogens (tertiary/aromatic N) is 1. The molecule has 0 amide bonds. The van der Waals surface area contributed by atoms with Crippen molar-refractivity contribution in [1.82, 2.24) is 5.32 Å². The highest BCUT2D eigenvalue weighted by atomic mass is 35.5. The van der Waals surface area contributed by atoms with Crippen LogP contribution >= 0.6 is 23.4 Å². The maximum absolute atomic E-state index is 11.8. The topological polar surface area (TPSA) is 52.9 Å². The number of allylic oxidation sites excluding steroid dienone is 1. The number of halogens is 1. The molecule has 1 aromatic carbocycles. The molecule has 106 valence electrons. The first kappa shape index (κ1) is 16.6. The van der Waals surface area contributed by atoms with Gasteiger partial charge in [0.05, 0.1) is 0 Å². The molecule has 0 aliphatic heterocycles. The number of carbonyl (C=O) groups excluding carboxylic acids is 1. The predicted molar refractivity (Wildman–Crippen MR) is 84.5 cm³/mol. The lowest BCUT2D eigenvalue weighted by Gasteiger charge is -2.17. The van der Waals surface area contributed by atoms with Gasteiger partial charge in [0.25, 0.3) is 0 Å². The van der Waals surface area contributed by atoms with Gasteiger partial charge in [0.1, 0.15) is 11.6 Å². The zero-order valence-electron chi connectivity index (χ0n) is 11.7. The summed E-state index contributed by atoms with van der Waals surface area (Å²) in [7, 11) is 0. The molecule has 3 nitrogen and oxygen atoms in total. The zero-order chi connectivity index (χ0) is 15.1. The number of carbonyl (C=O) groups is 1. The number of hydrogen-bond acceptors (Lipinski definition) is 4. The highest BCUT2D eigenvalue weighted by Gasteiger charge is 2.14. The quantitative estimate of drug-likeness (QED) is 0.658. The minimum atomic E-state index is -0.191. The number of benzene rings is 1. The Morgan fingerprint density at radius 1 is 1.45 bits per heavy atom. The summed E-state index contributed by atoms with van der Waals surface area (Å²) < 4.78 is 0. The van der Waals surface area contributed by atoms with Crippen LogP contribution in [0.2, 0.25) is 5.02 Å². The Morgan fingerprint density at radius 2 is 2.05 bits per heavy atom. The average molecular weight is 309 g/mol. The minimum absolute atomic E-state index is 0.00459. The van der Waals surface area contributed by atoms with Crippen molar-refractivity contribution < 1.29 is 4.79 Å². The number of thioether (sulfide) groups is 1. The van der Waals surface area contributed by atoms with Crippen LogP contribution in [-0.4, -0.2) is 10.9 Å². The predicted octanol–water partition coefficient (Wildman–Crippen LogP) is 4.07. The first-order valence-electron chi connectivity index (χ1n) is 6.29. The van der Waals surface area contributed by atoms with Crippen LogP contribution in [0.3, 0.4) is 0 Å². The first-order valence-corrected chi connectivity index (χ1v) is 7.66. The third-order valence-electron chi connectivity index (χ3n) is 2.77. The largest absolute Gasteiger partial charge is 0.381 e. The van der Waals surface area contributed by atoms with Gasteiger partial charge in [-0.05, 0) is 37.3 Å². The normalized spacial score (nSPS) is 13.2. The maximum Gasteiger partial charge on any atom is 0.231 e. The van der Waals surface area contributed by atoms with E-state index in [1.165, 1.54) is 0 Å². The van der Waals surface area contributed by atoms with Crippen molar-refractivity contribution >= 4 is 28.5 Å². The molecular formula is C15H17ClN2OS. The SMILES string of the molecule is CCSC(=O)C(C#N)=C(C)NC(C)c1ccc(Cl)cc1. The molecule has 0 aromatic heterocycles. The number of nitrogens with one attached hydrogen (secondary N) is 1. The fourth-order valence-corrected chi connectivity index (χ4v) is 2.45. The van der Waals surface area contributed by atoms with Crippen molar-refractivity contribution in [3.63, 3.8) is 0 Å². The molecule has 0 heterocycles. The number of hydrogen-bond donors (Lipinski definition) is 1. The molecule has 1 aromatic rings. The smallest absolute Gasteiger partial charge is 0.231 e. The molecule has 1 N–H and O–H groups in total. The van der Waals surface area contributed by atoms with Gasteiger partial charge in [-0.1, -0.05) is 42.4 Å². The highest BCUT2D eigenvalue weighted by Crippen LogP contribution is 2.19. The van der Waals surface area contributed by atoms with Gasteiger partial charge in [0.15, 0.2) is 0 Å². The van der Waals surface area contributed by atoms with Crippen LogP contribution < -0.4 is 5.32 Å². The molecule has 0 aliphatic carbocycles. The van der Waals surface area contributed by atoms with Crippen LogP contribution in [0.25, 0.3) is 0 Å². The Labute approximate surface area is 129 Å². The van der Waals surface area contributed by atoms with E-state index in [2.05, 4.69) is 5.32 Å². The molecule has 1 rings (SSSR count). The summed E-state index contributed by atoms with van der Waals surface area (Å²) in [5, 5.41) is 12.8. The monoisotopic (exact) mass is 308 g/mol. The van der Waals surface area contributed by atoms with Crippen LogP contribution in [0.5, 0.6) is 0 Å². The number of nitriles is 1. The lowest BCUT2D eigenvalue weighted by molar-refractivity contribution is -0.107. The van der Waals surface area contributed by atoms with E-state index >= 15 is 0 Å². The Kier molecular flexibility index (Phi) is 6.63. The Hall–Kier alpha value is -1.44. The van der Waals surface area contributed by atoms with Gasteiger partial charge in [0.2, 0.25) is 5.12 Å². The van der Waals surface area contributed by atoms with Crippen molar-refractivity contribution in [2.75, 3.05) is 5.75 Å². The van der Waals surface area contributed by atoms with E-state index in [1.54, 1.807) is 6.92 Å². The molecule has 1 unspecified atom stereocenters. The second kappa shape index (κ2) is 7.98. The summed E-state index contributed by atoms with van der Waals surface area (Å²) in [6, 6.07) is 9.44. The van der Waals surface area contributed by atoms with Crippen LogP contribution in [0.4, 0.5) is 0 Å². The molecule has 20 heavy (non-hydrogen) atoms. The fourth-order valence-electron chi connectivity index (χ4n) is 1.72. The van der Waals surface area contributed by atoms with E-state index in [4.69, 9.17) is 16.9 Å². The summed E-state index contributed by atoms with van der Waals surface area (Å²) in [4.78, 5) is 11.8. The molecule has 0 spiro atoms. The summed E-state index contributed by atoms with van der Waals surface area (Å²) in [5.41, 5.74) is 1.82. The van der Waals surface area contributed by atoms with Crippen LogP contribution in [0.15, 0.2) is 35.5 Å². The van der Waals surface area contributed by atoms with E-state index in [0.29, 0.717) is 16.5 Å². The molecule has 0 fully saturated rings. The summed E-state index contributed by atoms with van der Waals surface area (Å²) in [5.74, 6) is 0.657. The Balaban J connectivity index is 2.87. The molecule has 0 saturated heterocycles. The third-order valence-corrected chi connectivity index (χ3v) is 3.78. The van der Waals surface area contributed by atoms with Gasteiger partial charge >= 0.3 is 0 Å². The van der Waals surface area contributed by atoms with Gasteiger partial charge in [-0.15, -0.1) is 0 Å². The summed E-state index contributed by atoms with van der Waals surface area (Å²) in [6.07, 6.45) is 0. The van der Waals surface area contributed by atoms with Crippen molar-refractivity contribution in [1.29, 1.82) is 5.26 Å². The van der Waals surface area contributed by atoms with Crippen molar-refractivity contribution in [3.05, 3.63) is 46.1 Å². The maximum atomic E-state index is 11.8. The van der Waals surface area contributed by atoms with Crippen molar-refractivity contribution in [3.8, 4) is 6.07 Å². The van der Waals surface area contributed by atoms with E-state index in [-0.39, 0.29) is 16.7 Å². The summed E-state index contributed by atoms with van der Waals surface area (Å²) >= 11 is 6.99. The molecule has 0 bridgehead atoms. The second-order valence-corrected chi connectivity index (χ2v) is 5.92. The van der Waals surface area contributed by atoms with Crippen LogP contribution in [0, 0.1) is 11.3 Å². The molecule has 0 radical (unpaired) electrons. The third kappa shape index (κ3) is 4.59. The van der Waals surface area contributed by atoms with Crippen molar-refractivity contribution in [2.45, 2.75) is 26.8 Å². The van der Waals surface area contributed by atoms with E-state index < -0.39 is 0 Å². The zero-order valence-corrected chi connectivity index (χ0v) is 13.3. The van der Waals surface area contributed by atoms with E-state index in [0.717, 1.165) is 17.3 Å². The Morgan fingerprint density at radius 3 is 2.55 bits per heavy atom. The van der Waals surface area contributed by atoms with Gasteiger partial charge in [-0.25, -0.2) is 0 Å². The molecule has 0 saturated carbocycles. The van der Waals surface area contributed by atoms with Gasteiger partial charge < -0.3 is 5.32 Å². The van der Waals surface area contributed by atoms with Gasteiger partial charge in [-0.2, -0.15) is 5.26 Å². The van der Waals surface area contributed by atoms with Crippen LogP contribution in [-0.2, 0) is 4.79 Å². The van der Waals surface area contributed by atoms with Crippen LogP contribution in [0.1, 0.15) is 32.4 Å². The molecule has 5 heteroatoms. The fraction of sp³-hybridized carbons (Fsp3) is 0.333. The molecule has 1 atom stereocenters. The van der Waals surface area contributed by atoms with Crippen molar-refractivity contribution in [2.24, 2.45) is 0 Å². The van der Waals surface area contributed by atoms with E-state index in [1.807, 2.05) is 44.2 Å². The van der Waals surface area contributed by atoms with Gasteiger partial charge in [-0.3, -0.25) is 4.79 Å². The summed E-state index contributed by atoms with van der Waals surface area (Å²) in [6.45, 7) is 5.61.